The molecule has 0 saturated carbocycles. The maximum atomic E-state index is 6.65. The third-order valence-electron chi connectivity index (χ3n) is 1.02. The van der Waals surface area contributed by atoms with Crippen molar-refractivity contribution in [1.29, 1.82) is 0 Å². The Morgan fingerprint density at radius 3 is 1.56 bits per heavy atom. The molecule has 0 aliphatic heterocycles. The number of aliphatic imine (C=N–C) groups is 4. The van der Waals surface area contributed by atoms with E-state index in [0.717, 1.165) is 0 Å². The summed E-state index contributed by atoms with van der Waals surface area (Å²) in [5, 5.41) is 0. The number of hydrogen-bond donors (Lipinski definition) is 4. The Morgan fingerprint density at radius 2 is 1.33 bits per heavy atom. The SMILES string of the molecule is CCN=C(N)/N=C(\[NH-])N.CN=C(N)/N=C(\[NH-])N.[Y+3]. The van der Waals surface area contributed by atoms with Crippen molar-refractivity contribution in [2.75, 3.05) is 13.6 Å². The normalized spacial score (nSPS) is 13.2. The minimum atomic E-state index is -0.326. The summed E-state index contributed by atoms with van der Waals surface area (Å²) >= 11 is 0. The molecule has 98 valence electrons. The van der Waals surface area contributed by atoms with Crippen molar-refractivity contribution in [3.63, 3.8) is 0 Å². The Bertz CT molecular complexity index is 323. The van der Waals surface area contributed by atoms with Gasteiger partial charge in [0.05, 0.1) is 0 Å². The Hall–Kier alpha value is -1.42. The van der Waals surface area contributed by atoms with Gasteiger partial charge in [0.1, 0.15) is 11.9 Å². The summed E-state index contributed by atoms with van der Waals surface area (Å²) in [5.74, 6) is -0.555. The molecule has 0 aliphatic rings. The zero-order valence-electron chi connectivity index (χ0n) is 10.4. The van der Waals surface area contributed by atoms with Gasteiger partial charge in [-0.3, -0.25) is 9.98 Å². The minimum Gasteiger partial charge on any atom is -0.454 e. The van der Waals surface area contributed by atoms with Crippen molar-refractivity contribution in [2.45, 2.75) is 6.92 Å². The van der Waals surface area contributed by atoms with Crippen LogP contribution in [-0.2, 0) is 32.7 Å². The first-order chi connectivity index (χ1) is 7.83. The first kappa shape index (κ1) is 21.8. The van der Waals surface area contributed by atoms with E-state index in [2.05, 4.69) is 20.0 Å². The second-order valence-electron chi connectivity index (χ2n) is 2.41. The molecule has 0 aliphatic carbocycles. The smallest absolute Gasteiger partial charge is 0.454 e. The average molecular weight is 331 g/mol. The molecule has 0 amide bonds. The summed E-state index contributed by atoms with van der Waals surface area (Å²) in [6.45, 7) is 2.38. The van der Waals surface area contributed by atoms with Gasteiger partial charge in [-0.2, -0.15) is 0 Å². The molecule has 0 bridgehead atoms. The van der Waals surface area contributed by atoms with Crippen LogP contribution in [0.2, 0.25) is 0 Å². The molecule has 0 rings (SSSR count). The van der Waals surface area contributed by atoms with E-state index in [1.54, 1.807) is 0 Å². The van der Waals surface area contributed by atoms with E-state index in [1.165, 1.54) is 7.05 Å². The van der Waals surface area contributed by atoms with Gasteiger partial charge in [0.2, 0.25) is 0 Å². The fourth-order valence-electron chi connectivity index (χ4n) is 0.494. The summed E-state index contributed by atoms with van der Waals surface area (Å²) in [6.07, 6.45) is 0. The molecule has 0 radical (unpaired) electrons. The van der Waals surface area contributed by atoms with E-state index in [1.807, 2.05) is 6.92 Å². The second kappa shape index (κ2) is 13.6. The van der Waals surface area contributed by atoms with Crippen LogP contribution in [0.5, 0.6) is 0 Å². The van der Waals surface area contributed by atoms with Crippen LogP contribution in [0.1, 0.15) is 6.92 Å². The van der Waals surface area contributed by atoms with Gasteiger partial charge in [-0.1, -0.05) is 0 Å². The van der Waals surface area contributed by atoms with Gasteiger partial charge >= 0.3 is 32.7 Å². The summed E-state index contributed by atoms with van der Waals surface area (Å²) < 4.78 is 0. The second-order valence-corrected chi connectivity index (χ2v) is 2.41. The van der Waals surface area contributed by atoms with Gasteiger partial charge in [-0.25, -0.2) is 0 Å². The quantitative estimate of drug-likeness (QED) is 0.352. The summed E-state index contributed by atoms with van der Waals surface area (Å²) in [6, 6.07) is 0. The van der Waals surface area contributed by atoms with Crippen LogP contribution in [0, 0.1) is 0 Å². The predicted molar refractivity (Wildman–Crippen MR) is 71.6 cm³/mol. The topological polar surface area (TPSA) is 201 Å². The van der Waals surface area contributed by atoms with Crippen molar-refractivity contribution in [1.82, 2.24) is 0 Å². The van der Waals surface area contributed by atoms with Crippen LogP contribution in [0.25, 0.3) is 11.5 Å². The molecule has 0 fully saturated rings. The maximum Gasteiger partial charge on any atom is 3.00 e. The molecule has 0 aromatic heterocycles. The van der Waals surface area contributed by atoms with Crippen molar-refractivity contribution >= 4 is 23.8 Å². The first-order valence-electron chi connectivity index (χ1n) is 4.47. The molecule has 0 atom stereocenters. The van der Waals surface area contributed by atoms with Crippen LogP contribution in [-0.4, -0.2) is 37.4 Å². The van der Waals surface area contributed by atoms with Crippen LogP contribution >= 0.6 is 0 Å². The number of hydrogen-bond acceptors (Lipinski definition) is 2. The monoisotopic (exact) mass is 331 g/mol. The fourth-order valence-corrected chi connectivity index (χ4v) is 0.494. The van der Waals surface area contributed by atoms with Crippen molar-refractivity contribution in [2.24, 2.45) is 42.9 Å². The molecule has 0 saturated heterocycles. The van der Waals surface area contributed by atoms with E-state index in [0.29, 0.717) is 6.54 Å². The predicted octanol–water partition coefficient (Wildman–Crippen LogP) is -1.02. The van der Waals surface area contributed by atoms with E-state index in [4.69, 9.17) is 34.4 Å². The van der Waals surface area contributed by atoms with Crippen LogP contribution in [0.4, 0.5) is 0 Å². The molecule has 18 heavy (non-hydrogen) atoms. The summed E-state index contributed by atoms with van der Waals surface area (Å²) in [5.41, 5.74) is 33.1. The van der Waals surface area contributed by atoms with Crippen LogP contribution in [0.15, 0.2) is 20.0 Å². The third-order valence-corrected chi connectivity index (χ3v) is 1.02. The minimum absolute atomic E-state index is 0. The Kier molecular flexibility index (Phi) is 16.5. The molecule has 0 aromatic rings. The van der Waals surface area contributed by atoms with Crippen molar-refractivity contribution < 1.29 is 32.7 Å². The molecule has 0 spiro atoms. The van der Waals surface area contributed by atoms with E-state index >= 15 is 0 Å². The number of nitrogens with one attached hydrogen (secondary N) is 2. The van der Waals surface area contributed by atoms with Gasteiger partial charge in [0.25, 0.3) is 0 Å². The Morgan fingerprint density at radius 1 is 0.944 bits per heavy atom. The Balaban J connectivity index is -0.000000238. The van der Waals surface area contributed by atoms with Gasteiger partial charge in [0.15, 0.2) is 0 Å². The fraction of sp³-hybridized carbons (Fsp3) is 0.429. The molecular formula is C7H18N10Y+. The van der Waals surface area contributed by atoms with Gasteiger partial charge in [-0.15, -0.1) is 0 Å². The zero-order chi connectivity index (χ0) is 13.8. The molecule has 0 heterocycles. The summed E-state index contributed by atoms with van der Waals surface area (Å²) in [4.78, 5) is 13.7. The standard InChI is InChI=1S/C4H10N5.C3H8N5.Y/c1-2-8-4(7)9-3(5)6;1-7-3(6)8-2(4)5;/h2H2,1H3,(H5-,5,6,7,8,9);1H3,(H5-,4,5,6,7,8);/q2*-1;+3. The maximum absolute atomic E-state index is 6.65. The molecular weight excluding hydrogens is 313 g/mol. The molecule has 0 unspecified atom stereocenters. The van der Waals surface area contributed by atoms with Gasteiger partial charge in [-0.05, 0) is 6.92 Å². The molecule has 10 N–H and O–H groups in total. The van der Waals surface area contributed by atoms with E-state index in [-0.39, 0.29) is 56.5 Å². The Labute approximate surface area is 131 Å². The third kappa shape index (κ3) is 20.1. The number of nitrogens with zero attached hydrogens (tertiary/aromatic N) is 4. The molecule has 0 aromatic carbocycles. The average Bonchev–Trinajstić information content (AvgIpc) is 2.16. The first-order valence-corrected chi connectivity index (χ1v) is 4.47. The molecule has 10 nitrogen and oxygen atoms in total. The van der Waals surface area contributed by atoms with Crippen molar-refractivity contribution in [3.05, 3.63) is 11.5 Å². The molecule has 11 heteroatoms. The van der Waals surface area contributed by atoms with Gasteiger partial charge in [0, 0.05) is 25.5 Å². The van der Waals surface area contributed by atoms with Crippen LogP contribution < -0.4 is 22.9 Å². The van der Waals surface area contributed by atoms with Crippen LogP contribution in [0.3, 0.4) is 0 Å². The number of rotatable bonds is 1. The number of nitrogens with two attached hydrogens (primary N) is 4. The largest absolute Gasteiger partial charge is 3.00 e. The summed E-state index contributed by atoms with van der Waals surface area (Å²) in [7, 11) is 1.47. The van der Waals surface area contributed by atoms with E-state index in [9.17, 15) is 0 Å². The van der Waals surface area contributed by atoms with E-state index < -0.39 is 0 Å². The van der Waals surface area contributed by atoms with Crippen molar-refractivity contribution in [3.8, 4) is 0 Å². The van der Waals surface area contributed by atoms with Gasteiger partial charge < -0.3 is 44.4 Å². The zero-order valence-corrected chi connectivity index (χ0v) is 13.2. The number of guanidine groups is 4.